The third-order valence-electron chi connectivity index (χ3n) is 0.655. The van der Waals surface area contributed by atoms with Gasteiger partial charge in [-0.2, -0.15) is 13.2 Å². The van der Waals surface area contributed by atoms with Crippen LogP contribution in [0, 0.1) is 0 Å². The first kappa shape index (κ1) is 10.7. The number of hydrogen-bond acceptors (Lipinski definition) is 0. The molecule has 10 heavy (non-hydrogen) atoms. The molecule has 0 nitrogen and oxygen atoms in total. The van der Waals surface area contributed by atoms with Gasteiger partial charge in [0, 0.05) is 5.33 Å². The first-order valence-electron chi connectivity index (χ1n) is 2.27. The summed E-state index contributed by atoms with van der Waals surface area (Å²) in [6, 6.07) is 0. The Morgan fingerprint density at radius 3 is 1.60 bits per heavy atom. The van der Waals surface area contributed by atoms with Crippen molar-refractivity contribution in [1.29, 1.82) is 0 Å². The fraction of sp³-hybridized carbons (Fsp3) is 1.00. The molecule has 0 rings (SSSR count). The normalized spacial score (nSPS) is 18.6. The highest BCUT2D eigenvalue weighted by Gasteiger charge is 2.40. The number of rotatable bonds is 2. The van der Waals surface area contributed by atoms with E-state index in [1.807, 2.05) is 0 Å². The summed E-state index contributed by atoms with van der Waals surface area (Å²) in [5.74, 6) is 0. The van der Waals surface area contributed by atoms with Crippen LogP contribution >= 0.6 is 31.9 Å². The third kappa shape index (κ3) is 5.46. The maximum absolute atomic E-state index is 12.5. The molecule has 62 valence electrons. The average molecular weight is 288 g/mol. The van der Waals surface area contributed by atoms with Crippen LogP contribution in [0.2, 0.25) is 0 Å². The summed E-state index contributed by atoms with van der Waals surface area (Å²) >= 11 is 4.88. The molecule has 0 spiro atoms. The van der Waals surface area contributed by atoms with Gasteiger partial charge in [0.1, 0.15) is 0 Å². The van der Waals surface area contributed by atoms with E-state index in [9.17, 15) is 17.6 Å². The summed E-state index contributed by atoms with van der Waals surface area (Å²) in [4.78, 5) is 0. The second kappa shape index (κ2) is 3.38. The molecule has 0 N–H and O–H groups in total. The lowest BCUT2D eigenvalue weighted by Gasteiger charge is -2.16. The minimum Gasteiger partial charge on any atom is -0.230 e. The van der Waals surface area contributed by atoms with E-state index in [1.54, 1.807) is 0 Å². The zero-order valence-corrected chi connectivity index (χ0v) is 7.85. The van der Waals surface area contributed by atoms with Crippen molar-refractivity contribution in [1.82, 2.24) is 0 Å². The summed E-state index contributed by atoms with van der Waals surface area (Å²) in [7, 11) is 0. The van der Waals surface area contributed by atoms with E-state index in [2.05, 4.69) is 31.9 Å². The predicted octanol–water partition coefficient (Wildman–Crippen LogP) is 3.39. The Bertz CT molecular complexity index is 108. The lowest BCUT2D eigenvalue weighted by Crippen LogP contribution is -2.25. The van der Waals surface area contributed by atoms with Gasteiger partial charge in [0.15, 0.2) is 4.58 Å². The van der Waals surface area contributed by atoms with Gasteiger partial charge < -0.3 is 0 Å². The van der Waals surface area contributed by atoms with Crippen LogP contribution in [0.4, 0.5) is 17.6 Å². The van der Waals surface area contributed by atoms with Crippen LogP contribution in [-0.4, -0.2) is 16.1 Å². The van der Waals surface area contributed by atoms with Crippen molar-refractivity contribution < 1.29 is 17.6 Å². The van der Waals surface area contributed by atoms with Crippen LogP contribution in [0.5, 0.6) is 0 Å². The van der Waals surface area contributed by atoms with Gasteiger partial charge in [-0.25, -0.2) is 4.39 Å². The number of halogens is 6. The van der Waals surface area contributed by atoms with Crippen molar-refractivity contribution in [3.63, 3.8) is 0 Å². The number of alkyl halides is 6. The standard InChI is InChI=1S/C4H4Br2F4/c5-2-3(6,7)1-4(8,9)10/h1-2H2. The van der Waals surface area contributed by atoms with Gasteiger partial charge in [-0.05, 0) is 15.9 Å². The smallest absolute Gasteiger partial charge is 0.230 e. The Labute approximate surface area is 72.2 Å². The van der Waals surface area contributed by atoms with E-state index in [4.69, 9.17) is 0 Å². The van der Waals surface area contributed by atoms with E-state index in [-0.39, 0.29) is 5.33 Å². The first-order chi connectivity index (χ1) is 4.27. The van der Waals surface area contributed by atoms with Crippen LogP contribution in [0.1, 0.15) is 6.42 Å². The Morgan fingerprint density at radius 2 is 1.50 bits per heavy atom. The molecule has 0 aromatic carbocycles. The molecule has 1 unspecified atom stereocenters. The maximum atomic E-state index is 12.5. The highest BCUT2D eigenvalue weighted by molar-refractivity contribution is 9.12. The second-order valence-corrected chi connectivity index (χ2v) is 3.76. The zero-order chi connectivity index (χ0) is 8.41. The Balaban J connectivity index is 3.89. The molecule has 0 aliphatic heterocycles. The van der Waals surface area contributed by atoms with Gasteiger partial charge in [-0.3, -0.25) is 0 Å². The van der Waals surface area contributed by atoms with Gasteiger partial charge in [-0.1, -0.05) is 15.9 Å². The molecule has 0 aromatic rings. The molecule has 1 atom stereocenters. The molecular formula is C4H4Br2F4. The van der Waals surface area contributed by atoms with E-state index in [0.29, 0.717) is 0 Å². The molecule has 6 heteroatoms. The van der Waals surface area contributed by atoms with Gasteiger partial charge in [0.2, 0.25) is 0 Å². The monoisotopic (exact) mass is 286 g/mol. The summed E-state index contributed by atoms with van der Waals surface area (Å²) in [5, 5.41) is -0.375. The van der Waals surface area contributed by atoms with Crippen LogP contribution in [-0.2, 0) is 0 Å². The largest absolute Gasteiger partial charge is 0.393 e. The quantitative estimate of drug-likeness (QED) is 0.539. The van der Waals surface area contributed by atoms with Crippen molar-refractivity contribution in [2.24, 2.45) is 0 Å². The Hall–Kier alpha value is 0.680. The van der Waals surface area contributed by atoms with Gasteiger partial charge >= 0.3 is 6.18 Å². The molecule has 0 radical (unpaired) electrons. The maximum Gasteiger partial charge on any atom is 0.393 e. The van der Waals surface area contributed by atoms with Crippen molar-refractivity contribution in [3.05, 3.63) is 0 Å². The summed E-state index contributed by atoms with van der Waals surface area (Å²) < 4.78 is 44.4. The fourth-order valence-electron chi connectivity index (χ4n) is 0.341. The topological polar surface area (TPSA) is 0 Å². The lowest BCUT2D eigenvalue weighted by molar-refractivity contribution is -0.146. The third-order valence-corrected chi connectivity index (χ3v) is 2.86. The van der Waals surface area contributed by atoms with Crippen molar-refractivity contribution >= 4 is 31.9 Å². The molecule has 0 amide bonds. The first-order valence-corrected chi connectivity index (χ1v) is 4.19. The Morgan fingerprint density at radius 1 is 1.10 bits per heavy atom. The minimum absolute atomic E-state index is 0.375. The molecule has 0 saturated carbocycles. The molecular weight excluding hydrogens is 284 g/mol. The van der Waals surface area contributed by atoms with Gasteiger partial charge in [-0.15, -0.1) is 0 Å². The molecule has 0 bridgehead atoms. The Kier molecular flexibility index (Phi) is 3.61. The molecule has 0 aromatic heterocycles. The van der Waals surface area contributed by atoms with E-state index >= 15 is 0 Å². The van der Waals surface area contributed by atoms with Crippen LogP contribution in [0.15, 0.2) is 0 Å². The van der Waals surface area contributed by atoms with Gasteiger partial charge in [0.05, 0.1) is 6.42 Å². The minimum atomic E-state index is -4.47. The average Bonchev–Trinajstić information content (AvgIpc) is 1.60. The van der Waals surface area contributed by atoms with Crippen LogP contribution < -0.4 is 0 Å². The van der Waals surface area contributed by atoms with E-state index in [1.165, 1.54) is 0 Å². The molecule has 0 aliphatic carbocycles. The highest BCUT2D eigenvalue weighted by atomic mass is 79.9. The highest BCUT2D eigenvalue weighted by Crippen LogP contribution is 2.35. The molecule has 0 heterocycles. The van der Waals surface area contributed by atoms with Crippen molar-refractivity contribution in [2.75, 3.05) is 5.33 Å². The molecule has 0 fully saturated rings. The summed E-state index contributed by atoms with van der Waals surface area (Å²) in [6.07, 6.45) is -5.95. The van der Waals surface area contributed by atoms with Crippen molar-refractivity contribution in [3.8, 4) is 0 Å². The van der Waals surface area contributed by atoms with Crippen molar-refractivity contribution in [2.45, 2.75) is 17.2 Å². The summed E-state index contributed by atoms with van der Waals surface area (Å²) in [5.41, 5.74) is 0. The molecule has 0 aliphatic rings. The zero-order valence-electron chi connectivity index (χ0n) is 4.68. The second-order valence-electron chi connectivity index (χ2n) is 1.78. The number of hydrogen-bond donors (Lipinski definition) is 0. The van der Waals surface area contributed by atoms with Crippen LogP contribution in [0.3, 0.4) is 0 Å². The summed E-state index contributed by atoms with van der Waals surface area (Å²) in [6.45, 7) is 0. The molecule has 0 saturated heterocycles. The predicted molar refractivity (Wildman–Crippen MR) is 37.2 cm³/mol. The van der Waals surface area contributed by atoms with E-state index < -0.39 is 17.2 Å². The van der Waals surface area contributed by atoms with E-state index in [0.717, 1.165) is 0 Å². The SMILES string of the molecule is FC(F)(F)CC(F)(Br)CBr. The lowest BCUT2D eigenvalue weighted by atomic mass is 10.3. The van der Waals surface area contributed by atoms with Crippen LogP contribution in [0.25, 0.3) is 0 Å². The van der Waals surface area contributed by atoms with Gasteiger partial charge in [0.25, 0.3) is 0 Å². The fourth-order valence-corrected chi connectivity index (χ4v) is 0.857.